The van der Waals surface area contributed by atoms with Crippen LogP contribution in [0.25, 0.3) is 0 Å². The Morgan fingerprint density at radius 1 is 1.00 bits per heavy atom. The van der Waals surface area contributed by atoms with E-state index in [0.717, 1.165) is 18.4 Å². The van der Waals surface area contributed by atoms with Gasteiger partial charge in [0.15, 0.2) is 0 Å². The molecule has 1 aromatic heterocycles. The van der Waals surface area contributed by atoms with Gasteiger partial charge in [0, 0.05) is 19.7 Å². The average Bonchev–Trinajstić information content (AvgIpc) is 3.59. The van der Waals surface area contributed by atoms with Crippen LogP contribution >= 0.6 is 0 Å². The highest BCUT2D eigenvalue weighted by molar-refractivity contribution is 5.93. The van der Waals surface area contributed by atoms with Gasteiger partial charge in [-0.2, -0.15) is 0 Å². The highest BCUT2D eigenvalue weighted by Gasteiger charge is 2.27. The van der Waals surface area contributed by atoms with Gasteiger partial charge < -0.3 is 29.0 Å². The number of carbonyl (C=O) groups excluding carboxylic acids is 2. The second-order valence-electron chi connectivity index (χ2n) is 8.46. The maximum Gasteiger partial charge on any atom is 0.322 e. The highest BCUT2D eigenvalue weighted by Crippen LogP contribution is 2.24. The lowest BCUT2D eigenvalue weighted by atomic mass is 10.2. The van der Waals surface area contributed by atoms with Gasteiger partial charge in [0.2, 0.25) is 5.91 Å². The van der Waals surface area contributed by atoms with Crippen molar-refractivity contribution >= 4 is 17.6 Å². The van der Waals surface area contributed by atoms with Crippen LogP contribution in [-0.4, -0.2) is 54.6 Å². The van der Waals surface area contributed by atoms with Crippen molar-refractivity contribution in [3.05, 3.63) is 84.3 Å². The van der Waals surface area contributed by atoms with E-state index < -0.39 is 0 Å². The van der Waals surface area contributed by atoms with Crippen molar-refractivity contribution in [3.63, 3.8) is 0 Å². The number of hydrogen-bond donors (Lipinski definition) is 1. The van der Waals surface area contributed by atoms with Gasteiger partial charge in [-0.25, -0.2) is 4.79 Å². The van der Waals surface area contributed by atoms with Gasteiger partial charge in [-0.1, -0.05) is 42.5 Å². The number of methoxy groups -OCH3 is 1. The van der Waals surface area contributed by atoms with Crippen molar-refractivity contribution in [1.82, 2.24) is 9.80 Å². The molecular weight excluding hydrogens is 446 g/mol. The molecule has 1 saturated heterocycles. The summed E-state index contributed by atoms with van der Waals surface area (Å²) in [7, 11) is 1.55. The first kappa shape index (κ1) is 24.3. The molecular formula is C27H31N3O5. The van der Waals surface area contributed by atoms with E-state index in [1.807, 2.05) is 48.5 Å². The number of urea groups is 1. The van der Waals surface area contributed by atoms with E-state index in [-0.39, 0.29) is 24.6 Å². The lowest BCUT2D eigenvalue weighted by Crippen LogP contribution is -2.46. The number of ether oxygens (including phenoxy) is 2. The number of para-hydroxylation sites is 2. The van der Waals surface area contributed by atoms with E-state index in [0.29, 0.717) is 43.4 Å². The Hall–Kier alpha value is -3.78. The van der Waals surface area contributed by atoms with E-state index in [1.165, 1.54) is 4.90 Å². The largest absolute Gasteiger partial charge is 0.495 e. The summed E-state index contributed by atoms with van der Waals surface area (Å²) in [6, 6.07) is 20.2. The predicted octanol–water partition coefficient (Wildman–Crippen LogP) is 4.53. The molecule has 1 aliphatic rings. The zero-order chi connectivity index (χ0) is 24.5. The first-order chi connectivity index (χ1) is 17.1. The van der Waals surface area contributed by atoms with Crippen LogP contribution < -0.4 is 10.1 Å². The van der Waals surface area contributed by atoms with E-state index in [1.54, 1.807) is 36.5 Å². The van der Waals surface area contributed by atoms with Crippen molar-refractivity contribution in [2.24, 2.45) is 0 Å². The Morgan fingerprint density at radius 2 is 1.80 bits per heavy atom. The molecule has 1 atom stereocenters. The Morgan fingerprint density at radius 3 is 2.51 bits per heavy atom. The monoisotopic (exact) mass is 477 g/mol. The molecule has 0 bridgehead atoms. The fourth-order valence-corrected chi connectivity index (χ4v) is 4.09. The minimum absolute atomic E-state index is 0.0889. The Balaban J connectivity index is 1.51. The number of benzene rings is 2. The molecule has 184 valence electrons. The van der Waals surface area contributed by atoms with Crippen molar-refractivity contribution < 1.29 is 23.5 Å². The number of furan rings is 1. The molecule has 1 fully saturated rings. The summed E-state index contributed by atoms with van der Waals surface area (Å²) in [5.41, 5.74) is 1.54. The van der Waals surface area contributed by atoms with E-state index in [9.17, 15) is 9.59 Å². The van der Waals surface area contributed by atoms with Crippen LogP contribution in [0.5, 0.6) is 5.75 Å². The number of anilines is 1. The van der Waals surface area contributed by atoms with Gasteiger partial charge in [0.1, 0.15) is 18.1 Å². The van der Waals surface area contributed by atoms with Crippen LogP contribution in [0.1, 0.15) is 24.2 Å². The van der Waals surface area contributed by atoms with E-state index >= 15 is 0 Å². The number of carbonyl (C=O) groups is 2. The first-order valence-corrected chi connectivity index (χ1v) is 11.8. The summed E-state index contributed by atoms with van der Waals surface area (Å²) in [5.74, 6) is 1.05. The second kappa shape index (κ2) is 12.1. The summed E-state index contributed by atoms with van der Waals surface area (Å²) >= 11 is 0. The third-order valence-electron chi connectivity index (χ3n) is 5.91. The third kappa shape index (κ3) is 6.86. The van der Waals surface area contributed by atoms with Gasteiger partial charge >= 0.3 is 6.03 Å². The summed E-state index contributed by atoms with van der Waals surface area (Å²) in [6.45, 7) is 1.62. The molecule has 8 heteroatoms. The fourth-order valence-electron chi connectivity index (χ4n) is 4.09. The second-order valence-corrected chi connectivity index (χ2v) is 8.46. The zero-order valence-corrected chi connectivity index (χ0v) is 19.9. The van der Waals surface area contributed by atoms with Gasteiger partial charge in [-0.3, -0.25) is 4.79 Å². The van der Waals surface area contributed by atoms with Gasteiger partial charge in [-0.15, -0.1) is 0 Å². The predicted molar refractivity (Wildman–Crippen MR) is 132 cm³/mol. The molecule has 2 heterocycles. The Bertz CT molecular complexity index is 1080. The maximum atomic E-state index is 13.5. The smallest absolute Gasteiger partial charge is 0.322 e. The Labute approximate surface area is 205 Å². The summed E-state index contributed by atoms with van der Waals surface area (Å²) < 4.78 is 16.6. The van der Waals surface area contributed by atoms with Gasteiger partial charge in [0.25, 0.3) is 0 Å². The Kier molecular flexibility index (Phi) is 8.40. The molecule has 1 N–H and O–H groups in total. The molecule has 0 aliphatic carbocycles. The number of nitrogens with one attached hydrogen (secondary N) is 1. The first-order valence-electron chi connectivity index (χ1n) is 11.8. The lowest BCUT2D eigenvalue weighted by molar-refractivity contribution is -0.133. The van der Waals surface area contributed by atoms with E-state index in [2.05, 4.69) is 5.32 Å². The summed E-state index contributed by atoms with van der Waals surface area (Å²) in [4.78, 5) is 30.1. The molecule has 8 nitrogen and oxygen atoms in total. The third-order valence-corrected chi connectivity index (χ3v) is 5.91. The molecule has 1 aliphatic heterocycles. The molecule has 0 saturated carbocycles. The lowest BCUT2D eigenvalue weighted by Gasteiger charge is -2.29. The quantitative estimate of drug-likeness (QED) is 0.464. The molecule has 2 aromatic carbocycles. The molecule has 35 heavy (non-hydrogen) atoms. The minimum atomic E-state index is -0.379. The van der Waals surface area contributed by atoms with Gasteiger partial charge in [0.05, 0.1) is 31.7 Å². The SMILES string of the molecule is COc1ccccc1NC(=O)N(CC(=O)N(Cc1ccccc1)Cc1ccco1)CC1CCCO1. The number of rotatable bonds is 10. The van der Waals surface area contributed by atoms with Crippen molar-refractivity contribution in [2.75, 3.05) is 32.1 Å². The van der Waals surface area contributed by atoms with E-state index in [4.69, 9.17) is 13.9 Å². The molecule has 0 radical (unpaired) electrons. The highest BCUT2D eigenvalue weighted by atomic mass is 16.5. The zero-order valence-electron chi connectivity index (χ0n) is 19.9. The van der Waals surface area contributed by atoms with Gasteiger partial charge in [-0.05, 0) is 42.7 Å². The van der Waals surface area contributed by atoms with Crippen molar-refractivity contribution in [3.8, 4) is 5.75 Å². The van der Waals surface area contributed by atoms with Crippen LogP contribution in [0.3, 0.4) is 0 Å². The van der Waals surface area contributed by atoms with Crippen LogP contribution in [0.15, 0.2) is 77.4 Å². The average molecular weight is 478 g/mol. The van der Waals surface area contributed by atoms with Crippen LogP contribution in [0, 0.1) is 0 Å². The molecule has 1 unspecified atom stereocenters. The molecule has 3 amide bonds. The van der Waals surface area contributed by atoms with Crippen molar-refractivity contribution in [2.45, 2.75) is 32.0 Å². The maximum absolute atomic E-state index is 13.5. The standard InChI is InChI=1S/C27H31N3O5/c1-33-25-14-6-5-13-24(25)28-27(32)30(19-23-12-8-16-35-23)20-26(31)29(18-22-11-7-15-34-22)17-21-9-3-2-4-10-21/h2-7,9-11,13-15,23H,8,12,16-20H2,1H3,(H,28,32). The topological polar surface area (TPSA) is 84.3 Å². The van der Waals surface area contributed by atoms with Crippen LogP contribution in [0.2, 0.25) is 0 Å². The number of hydrogen-bond acceptors (Lipinski definition) is 5. The minimum Gasteiger partial charge on any atom is -0.495 e. The fraction of sp³-hybridized carbons (Fsp3) is 0.333. The van der Waals surface area contributed by atoms with Crippen LogP contribution in [0.4, 0.5) is 10.5 Å². The number of amides is 3. The molecule has 4 rings (SSSR count). The van der Waals surface area contributed by atoms with Crippen LogP contribution in [-0.2, 0) is 22.6 Å². The summed E-state index contributed by atoms with van der Waals surface area (Å²) in [5, 5.41) is 2.89. The summed E-state index contributed by atoms with van der Waals surface area (Å²) in [6.07, 6.45) is 3.29. The molecule has 3 aromatic rings. The molecule has 0 spiro atoms. The normalized spacial score (nSPS) is 14.9. The number of nitrogens with zero attached hydrogens (tertiary/aromatic N) is 2. The van der Waals surface area contributed by atoms with Crippen molar-refractivity contribution in [1.29, 1.82) is 0 Å².